The molecule has 2 rings (SSSR count). The Hall–Kier alpha value is -1.32. The highest BCUT2D eigenvalue weighted by Crippen LogP contribution is 2.22. The summed E-state index contributed by atoms with van der Waals surface area (Å²) in [4.78, 5) is 9.68. The minimum Gasteiger partial charge on any atom is -0.359 e. The highest BCUT2D eigenvalue weighted by molar-refractivity contribution is 5.12. The number of hydrogen-bond donors (Lipinski definition) is 0. The Morgan fingerprint density at radius 2 is 1.59 bits per heavy atom. The maximum absolute atomic E-state index is 2.51. The largest absolute Gasteiger partial charge is 0.359 e. The average Bonchev–Trinajstić information content (AvgIpc) is 2.88. The number of allylic oxidation sites excluding steroid dienone is 3. The Kier molecular flexibility index (Phi) is 5.65. The monoisotopic (exact) mass is 306 g/mol. The summed E-state index contributed by atoms with van der Waals surface area (Å²) in [6, 6.07) is 0. The minimum atomic E-state index is 0.524. The molecule has 0 aromatic carbocycles. The molecule has 2 aliphatic rings. The van der Waals surface area contributed by atoms with Gasteiger partial charge in [0, 0.05) is 50.5 Å². The van der Waals surface area contributed by atoms with Gasteiger partial charge in [-0.2, -0.15) is 0 Å². The van der Waals surface area contributed by atoms with Gasteiger partial charge in [0.05, 0.1) is 12.8 Å². The predicted octanol–water partition coefficient (Wildman–Crippen LogP) is 3.46. The lowest BCUT2D eigenvalue weighted by Crippen LogP contribution is -2.34. The van der Waals surface area contributed by atoms with E-state index < -0.39 is 0 Å². The first-order valence-electron chi connectivity index (χ1n) is 8.72. The van der Waals surface area contributed by atoms with Gasteiger partial charge in [-0.25, -0.2) is 0 Å². The van der Waals surface area contributed by atoms with Gasteiger partial charge < -0.3 is 19.6 Å². The van der Waals surface area contributed by atoms with Gasteiger partial charge in [-0.05, 0) is 40.5 Å². The molecule has 0 saturated carbocycles. The smallest absolute Gasteiger partial charge is 0.0977 e. The normalized spacial score (nSPS) is 22.3. The molecule has 4 heteroatoms. The zero-order valence-corrected chi connectivity index (χ0v) is 15.4. The van der Waals surface area contributed by atoms with Gasteiger partial charge in [-0.15, -0.1) is 0 Å². The second kappa shape index (κ2) is 7.30. The van der Waals surface area contributed by atoms with Crippen molar-refractivity contribution in [2.75, 3.05) is 33.9 Å². The summed E-state index contributed by atoms with van der Waals surface area (Å²) < 4.78 is 0. The van der Waals surface area contributed by atoms with E-state index in [-0.39, 0.29) is 0 Å². The van der Waals surface area contributed by atoms with Crippen molar-refractivity contribution >= 4 is 0 Å². The lowest BCUT2D eigenvalue weighted by molar-refractivity contribution is 0.185. The van der Waals surface area contributed by atoms with Crippen LogP contribution >= 0.6 is 0 Å². The Bertz CT molecular complexity index is 434. The number of nitrogens with zero attached hydrogens (tertiary/aromatic N) is 4. The topological polar surface area (TPSA) is 13.0 Å². The maximum Gasteiger partial charge on any atom is 0.0977 e. The van der Waals surface area contributed by atoms with Crippen LogP contribution in [0.2, 0.25) is 0 Å². The van der Waals surface area contributed by atoms with Crippen LogP contribution in [0, 0.1) is 0 Å². The Morgan fingerprint density at radius 1 is 0.955 bits per heavy atom. The van der Waals surface area contributed by atoms with Crippen molar-refractivity contribution in [3.8, 4) is 0 Å². The second-order valence-electron chi connectivity index (χ2n) is 6.94. The molecule has 0 saturated heterocycles. The molecule has 22 heavy (non-hydrogen) atoms. The van der Waals surface area contributed by atoms with Gasteiger partial charge in [-0.3, -0.25) is 0 Å². The first-order valence-corrected chi connectivity index (χ1v) is 8.72. The third-order valence-electron chi connectivity index (χ3n) is 5.50. The van der Waals surface area contributed by atoms with Gasteiger partial charge in [0.1, 0.15) is 0 Å². The highest BCUT2D eigenvalue weighted by Gasteiger charge is 2.22. The summed E-state index contributed by atoms with van der Waals surface area (Å²) >= 11 is 0. The fourth-order valence-corrected chi connectivity index (χ4v) is 3.37. The highest BCUT2D eigenvalue weighted by atomic mass is 15.4. The van der Waals surface area contributed by atoms with Crippen molar-refractivity contribution in [3.63, 3.8) is 0 Å². The van der Waals surface area contributed by atoms with Crippen LogP contribution in [0.25, 0.3) is 0 Å². The van der Waals surface area contributed by atoms with Crippen LogP contribution in [0.3, 0.4) is 0 Å². The van der Waals surface area contributed by atoms with E-state index in [9.17, 15) is 0 Å². The van der Waals surface area contributed by atoms with E-state index in [0.29, 0.717) is 6.17 Å². The van der Waals surface area contributed by atoms with E-state index in [2.05, 4.69) is 67.6 Å². The number of rotatable bonds is 7. The van der Waals surface area contributed by atoms with E-state index in [1.807, 2.05) is 0 Å². The van der Waals surface area contributed by atoms with Crippen molar-refractivity contribution in [2.24, 2.45) is 0 Å². The molecule has 0 bridgehead atoms. The molecule has 0 N–H and O–H groups in total. The van der Waals surface area contributed by atoms with Crippen LogP contribution in [-0.4, -0.2) is 59.6 Å². The number of unbranched alkanes of at least 4 members (excludes halogenated alkanes) is 3. The minimum absolute atomic E-state index is 0.524. The summed E-state index contributed by atoms with van der Waals surface area (Å²) in [5.41, 5.74) is 4.26. The van der Waals surface area contributed by atoms with Gasteiger partial charge in [0.2, 0.25) is 0 Å². The van der Waals surface area contributed by atoms with E-state index in [0.717, 1.165) is 6.67 Å². The van der Waals surface area contributed by atoms with Crippen molar-refractivity contribution in [3.05, 3.63) is 23.3 Å². The molecule has 0 radical (unpaired) electrons. The van der Waals surface area contributed by atoms with Gasteiger partial charge >= 0.3 is 0 Å². The molecule has 4 nitrogen and oxygen atoms in total. The van der Waals surface area contributed by atoms with Gasteiger partial charge in [-0.1, -0.05) is 12.8 Å². The fraction of sp³-hybridized carbons (Fsp3) is 0.778. The van der Waals surface area contributed by atoms with Crippen molar-refractivity contribution < 1.29 is 0 Å². The van der Waals surface area contributed by atoms with Crippen LogP contribution in [0.5, 0.6) is 0 Å². The SMILES string of the molecule is CC1=CN(CCCCCCN2CN(C)C(C)=C2C)C(C)N1C. The summed E-state index contributed by atoms with van der Waals surface area (Å²) in [6.45, 7) is 12.4. The Balaban J connectivity index is 1.57. The van der Waals surface area contributed by atoms with Crippen molar-refractivity contribution in [1.82, 2.24) is 19.6 Å². The summed E-state index contributed by atoms with van der Waals surface area (Å²) in [5.74, 6) is 0. The van der Waals surface area contributed by atoms with E-state index in [1.54, 1.807) is 0 Å². The molecule has 0 aromatic rings. The van der Waals surface area contributed by atoms with Crippen LogP contribution in [0.1, 0.15) is 53.4 Å². The quantitative estimate of drug-likeness (QED) is 0.668. The third kappa shape index (κ3) is 3.71. The molecule has 126 valence electrons. The van der Waals surface area contributed by atoms with Crippen LogP contribution < -0.4 is 0 Å². The fourth-order valence-electron chi connectivity index (χ4n) is 3.37. The van der Waals surface area contributed by atoms with E-state index in [1.165, 1.54) is 55.9 Å². The van der Waals surface area contributed by atoms with Crippen LogP contribution in [-0.2, 0) is 0 Å². The molecule has 1 atom stereocenters. The van der Waals surface area contributed by atoms with Crippen LogP contribution in [0.15, 0.2) is 23.3 Å². The van der Waals surface area contributed by atoms with E-state index in [4.69, 9.17) is 0 Å². The average molecular weight is 306 g/mol. The molecular weight excluding hydrogens is 272 g/mol. The lowest BCUT2D eigenvalue weighted by Gasteiger charge is -2.28. The zero-order chi connectivity index (χ0) is 16.3. The molecule has 1 unspecified atom stereocenters. The van der Waals surface area contributed by atoms with Crippen LogP contribution in [0.4, 0.5) is 0 Å². The molecule has 2 aliphatic heterocycles. The first-order chi connectivity index (χ1) is 10.4. The number of hydrogen-bond acceptors (Lipinski definition) is 4. The summed E-state index contributed by atoms with van der Waals surface area (Å²) in [6.07, 6.45) is 8.12. The predicted molar refractivity (Wildman–Crippen MR) is 93.9 cm³/mol. The molecular formula is C18H34N4. The van der Waals surface area contributed by atoms with Gasteiger partial charge in [0.15, 0.2) is 0 Å². The third-order valence-corrected chi connectivity index (χ3v) is 5.50. The lowest BCUT2D eigenvalue weighted by atomic mass is 10.2. The van der Waals surface area contributed by atoms with Gasteiger partial charge in [0.25, 0.3) is 0 Å². The molecule has 0 spiro atoms. The molecule has 0 aromatic heterocycles. The standard InChI is InChI=1S/C18H34N4/c1-15-13-21(18(4)20(15)6)11-9-7-8-10-12-22-14-19(5)16(2)17(22)3/h13,18H,7-12,14H2,1-6H3. The molecule has 2 heterocycles. The van der Waals surface area contributed by atoms with E-state index >= 15 is 0 Å². The van der Waals surface area contributed by atoms with Crippen molar-refractivity contribution in [2.45, 2.75) is 59.5 Å². The summed E-state index contributed by atoms with van der Waals surface area (Å²) in [7, 11) is 4.37. The Morgan fingerprint density at radius 3 is 2.09 bits per heavy atom. The zero-order valence-electron chi connectivity index (χ0n) is 15.4. The molecule has 0 fully saturated rings. The maximum atomic E-state index is 2.51. The first kappa shape index (κ1) is 17.0. The second-order valence-corrected chi connectivity index (χ2v) is 6.94. The molecule has 0 aliphatic carbocycles. The summed E-state index contributed by atoms with van der Waals surface area (Å²) in [5, 5.41) is 0. The Labute approximate surface area is 137 Å². The van der Waals surface area contributed by atoms with Crippen molar-refractivity contribution in [1.29, 1.82) is 0 Å². The molecule has 0 amide bonds.